The van der Waals surface area contributed by atoms with E-state index in [2.05, 4.69) is 32.6 Å². The van der Waals surface area contributed by atoms with Gasteiger partial charge in [-0.05, 0) is 44.1 Å². The van der Waals surface area contributed by atoms with E-state index in [1.807, 2.05) is 6.07 Å². The number of nitrogens with zero attached hydrogens (tertiary/aromatic N) is 1. The molecule has 18 heavy (non-hydrogen) atoms. The number of amides is 1. The van der Waals surface area contributed by atoms with Crippen molar-refractivity contribution in [2.75, 3.05) is 18.4 Å². The SMILES string of the molecule is N#Cc1cc(Br)ccc1NC(=O)C1CCNCC1. The summed E-state index contributed by atoms with van der Waals surface area (Å²) in [5, 5.41) is 15.1. The number of hydrogen-bond acceptors (Lipinski definition) is 3. The minimum absolute atomic E-state index is 0.00956. The van der Waals surface area contributed by atoms with Crippen molar-refractivity contribution >= 4 is 27.5 Å². The number of halogens is 1. The Balaban J connectivity index is 2.09. The van der Waals surface area contributed by atoms with E-state index >= 15 is 0 Å². The summed E-state index contributed by atoms with van der Waals surface area (Å²) in [7, 11) is 0. The summed E-state index contributed by atoms with van der Waals surface area (Å²) in [5.41, 5.74) is 1.07. The molecule has 1 aromatic carbocycles. The van der Waals surface area contributed by atoms with Crippen molar-refractivity contribution in [3.05, 3.63) is 28.2 Å². The standard InChI is InChI=1S/C13H14BrN3O/c14-11-1-2-12(10(7-11)8-15)17-13(18)9-3-5-16-6-4-9/h1-2,7,9,16H,3-6H2,(H,17,18). The quantitative estimate of drug-likeness (QED) is 0.881. The summed E-state index contributed by atoms with van der Waals surface area (Å²) < 4.78 is 0.832. The molecule has 5 heteroatoms. The number of carbonyl (C=O) groups excluding carboxylic acids is 1. The zero-order valence-corrected chi connectivity index (χ0v) is 11.5. The fourth-order valence-electron chi connectivity index (χ4n) is 2.04. The number of nitrogens with one attached hydrogen (secondary N) is 2. The Hall–Kier alpha value is -1.38. The number of anilines is 1. The van der Waals surface area contributed by atoms with Gasteiger partial charge in [-0.3, -0.25) is 4.79 Å². The van der Waals surface area contributed by atoms with Crippen LogP contribution in [0, 0.1) is 17.2 Å². The Morgan fingerprint density at radius 1 is 1.44 bits per heavy atom. The fraction of sp³-hybridized carbons (Fsp3) is 0.385. The van der Waals surface area contributed by atoms with Crippen LogP contribution in [0.2, 0.25) is 0 Å². The summed E-state index contributed by atoms with van der Waals surface area (Å²) in [6.45, 7) is 1.76. The van der Waals surface area contributed by atoms with Crippen molar-refractivity contribution in [2.45, 2.75) is 12.8 Å². The van der Waals surface area contributed by atoms with Crippen molar-refractivity contribution < 1.29 is 4.79 Å². The first kappa shape index (κ1) is 13.1. The molecular weight excluding hydrogens is 294 g/mol. The third-order valence-electron chi connectivity index (χ3n) is 3.07. The molecule has 1 amide bonds. The third-order valence-corrected chi connectivity index (χ3v) is 3.56. The summed E-state index contributed by atoms with van der Waals surface area (Å²) in [6, 6.07) is 7.36. The molecular formula is C13H14BrN3O. The van der Waals surface area contributed by atoms with E-state index < -0.39 is 0 Å². The molecule has 4 nitrogen and oxygen atoms in total. The van der Waals surface area contributed by atoms with Crippen LogP contribution in [0.1, 0.15) is 18.4 Å². The van der Waals surface area contributed by atoms with Crippen LogP contribution in [0.15, 0.2) is 22.7 Å². The van der Waals surface area contributed by atoms with Gasteiger partial charge in [0.25, 0.3) is 0 Å². The van der Waals surface area contributed by atoms with Gasteiger partial charge in [0.1, 0.15) is 6.07 Å². The molecule has 0 bridgehead atoms. The van der Waals surface area contributed by atoms with Crippen LogP contribution in [-0.2, 0) is 4.79 Å². The first-order chi connectivity index (χ1) is 8.70. The maximum atomic E-state index is 12.1. The molecule has 1 heterocycles. The van der Waals surface area contributed by atoms with Crippen molar-refractivity contribution in [3.8, 4) is 6.07 Å². The zero-order valence-electron chi connectivity index (χ0n) is 9.87. The predicted molar refractivity (Wildman–Crippen MR) is 73.1 cm³/mol. The lowest BCUT2D eigenvalue weighted by Gasteiger charge is -2.22. The summed E-state index contributed by atoms with van der Waals surface area (Å²) in [4.78, 5) is 12.1. The lowest BCUT2D eigenvalue weighted by molar-refractivity contribution is -0.120. The van der Waals surface area contributed by atoms with E-state index in [-0.39, 0.29) is 11.8 Å². The van der Waals surface area contributed by atoms with Crippen molar-refractivity contribution in [1.82, 2.24) is 5.32 Å². The first-order valence-corrected chi connectivity index (χ1v) is 6.71. The van der Waals surface area contributed by atoms with E-state index in [9.17, 15) is 4.79 Å². The molecule has 1 aromatic rings. The van der Waals surface area contributed by atoms with Crippen LogP contribution in [0.25, 0.3) is 0 Å². The number of carbonyl (C=O) groups is 1. The zero-order chi connectivity index (χ0) is 13.0. The highest BCUT2D eigenvalue weighted by Crippen LogP contribution is 2.22. The first-order valence-electron chi connectivity index (χ1n) is 5.92. The molecule has 1 aliphatic rings. The summed E-state index contributed by atoms with van der Waals surface area (Å²) in [5.74, 6) is 0.0526. The van der Waals surface area contributed by atoms with Gasteiger partial charge in [0.15, 0.2) is 0 Å². The molecule has 1 fully saturated rings. The van der Waals surface area contributed by atoms with Crippen molar-refractivity contribution in [2.24, 2.45) is 5.92 Å². The van der Waals surface area contributed by atoms with Gasteiger partial charge in [-0.1, -0.05) is 15.9 Å². The Kier molecular flexibility index (Phi) is 4.34. The minimum Gasteiger partial charge on any atom is -0.325 e. The normalized spacial score (nSPS) is 16.0. The van der Waals surface area contributed by atoms with Crippen molar-refractivity contribution in [3.63, 3.8) is 0 Å². The Labute approximate surface area is 115 Å². The maximum Gasteiger partial charge on any atom is 0.227 e. The van der Waals surface area contributed by atoms with E-state index in [1.165, 1.54) is 0 Å². The van der Waals surface area contributed by atoms with Gasteiger partial charge in [-0.25, -0.2) is 0 Å². The van der Waals surface area contributed by atoms with Crippen LogP contribution in [0.5, 0.6) is 0 Å². The molecule has 0 aliphatic carbocycles. The predicted octanol–water partition coefficient (Wildman–Crippen LogP) is 2.26. The topological polar surface area (TPSA) is 64.9 Å². The molecule has 0 saturated carbocycles. The highest BCUT2D eigenvalue weighted by molar-refractivity contribution is 9.10. The monoisotopic (exact) mass is 307 g/mol. The van der Waals surface area contributed by atoms with Gasteiger partial charge in [0.2, 0.25) is 5.91 Å². The smallest absolute Gasteiger partial charge is 0.227 e. The maximum absolute atomic E-state index is 12.1. The molecule has 0 radical (unpaired) electrons. The average molecular weight is 308 g/mol. The van der Waals surface area contributed by atoms with Crippen LogP contribution in [0.3, 0.4) is 0 Å². The van der Waals surface area contributed by atoms with Crippen LogP contribution in [-0.4, -0.2) is 19.0 Å². The highest BCUT2D eigenvalue weighted by Gasteiger charge is 2.21. The molecule has 94 valence electrons. The second-order valence-electron chi connectivity index (χ2n) is 4.32. The number of hydrogen-bond donors (Lipinski definition) is 2. The van der Waals surface area contributed by atoms with Gasteiger partial charge in [-0.15, -0.1) is 0 Å². The van der Waals surface area contributed by atoms with Gasteiger partial charge >= 0.3 is 0 Å². The van der Waals surface area contributed by atoms with Crippen molar-refractivity contribution in [1.29, 1.82) is 5.26 Å². The molecule has 0 atom stereocenters. The summed E-state index contributed by atoms with van der Waals surface area (Å²) in [6.07, 6.45) is 1.70. The van der Waals surface area contributed by atoms with E-state index in [0.717, 1.165) is 30.4 Å². The number of piperidine rings is 1. The van der Waals surface area contributed by atoms with Crippen LogP contribution in [0.4, 0.5) is 5.69 Å². The molecule has 1 aliphatic heterocycles. The van der Waals surface area contributed by atoms with Crippen LogP contribution < -0.4 is 10.6 Å². The molecule has 1 saturated heterocycles. The number of nitriles is 1. The Morgan fingerprint density at radius 2 is 2.17 bits per heavy atom. The third kappa shape index (κ3) is 3.09. The average Bonchev–Trinajstić information content (AvgIpc) is 2.41. The van der Waals surface area contributed by atoms with E-state index in [4.69, 9.17) is 5.26 Å². The van der Waals surface area contributed by atoms with E-state index in [1.54, 1.807) is 12.1 Å². The second-order valence-corrected chi connectivity index (χ2v) is 5.23. The Morgan fingerprint density at radius 3 is 2.83 bits per heavy atom. The summed E-state index contributed by atoms with van der Waals surface area (Å²) >= 11 is 3.31. The van der Waals surface area contributed by atoms with E-state index in [0.29, 0.717) is 11.3 Å². The van der Waals surface area contributed by atoms with Gasteiger partial charge in [0.05, 0.1) is 11.3 Å². The lowest BCUT2D eigenvalue weighted by atomic mass is 9.97. The molecule has 0 unspecified atom stereocenters. The molecule has 2 rings (SSSR count). The molecule has 2 N–H and O–H groups in total. The van der Waals surface area contributed by atoms with Gasteiger partial charge in [0, 0.05) is 10.4 Å². The number of rotatable bonds is 2. The Bertz CT molecular complexity index is 489. The lowest BCUT2D eigenvalue weighted by Crippen LogP contribution is -2.34. The highest BCUT2D eigenvalue weighted by atomic mass is 79.9. The molecule has 0 spiro atoms. The van der Waals surface area contributed by atoms with Gasteiger partial charge < -0.3 is 10.6 Å². The second kappa shape index (κ2) is 5.98. The van der Waals surface area contributed by atoms with Gasteiger partial charge in [-0.2, -0.15) is 5.26 Å². The molecule has 0 aromatic heterocycles. The minimum atomic E-state index is 0.00956. The number of benzene rings is 1. The van der Waals surface area contributed by atoms with Crippen LogP contribution >= 0.6 is 15.9 Å². The fourth-order valence-corrected chi connectivity index (χ4v) is 2.40. The largest absolute Gasteiger partial charge is 0.325 e.